The number of nitrogens with two attached hydrogens (primary N) is 1. The number of unbranched alkanes of at least 4 members (excludes halogenated alkanes) is 28. The third kappa shape index (κ3) is 30.7. The summed E-state index contributed by atoms with van der Waals surface area (Å²) in [6, 6.07) is -1.18. The van der Waals surface area contributed by atoms with E-state index >= 15 is 0 Å². The van der Waals surface area contributed by atoms with Crippen LogP contribution in [0.15, 0.2) is 0 Å². The zero-order chi connectivity index (χ0) is 36.9. The molecule has 0 saturated carbocycles. The Kier molecular flexibility index (Phi) is 35.1. The van der Waals surface area contributed by atoms with Crippen molar-refractivity contribution in [2.45, 2.75) is 238 Å². The first-order chi connectivity index (χ1) is 24.3. The van der Waals surface area contributed by atoms with Crippen LogP contribution in [0.4, 0.5) is 0 Å². The number of aliphatic carboxylic acids is 1. The fraction of sp³-hybridized carbons (Fsp3) is 0.905. The fourth-order valence-electron chi connectivity index (χ4n) is 6.90. The van der Waals surface area contributed by atoms with Gasteiger partial charge in [0.2, 0.25) is 11.8 Å². The van der Waals surface area contributed by atoms with Crippen molar-refractivity contribution in [3.63, 3.8) is 0 Å². The first-order valence-corrected chi connectivity index (χ1v) is 21.5. The molecule has 294 valence electrons. The van der Waals surface area contributed by atoms with Crippen LogP contribution < -0.4 is 11.1 Å². The summed E-state index contributed by atoms with van der Waals surface area (Å²) >= 11 is 0. The van der Waals surface area contributed by atoms with Crippen molar-refractivity contribution in [2.75, 3.05) is 6.54 Å². The van der Waals surface area contributed by atoms with Crippen LogP contribution in [0.1, 0.15) is 232 Å². The molecule has 8 nitrogen and oxygen atoms in total. The van der Waals surface area contributed by atoms with Gasteiger partial charge in [-0.05, 0) is 25.7 Å². The second kappa shape index (κ2) is 36.7. The monoisotopic (exact) mass is 707 g/mol. The summed E-state index contributed by atoms with van der Waals surface area (Å²) in [4.78, 5) is 40.0. The van der Waals surface area contributed by atoms with Gasteiger partial charge in [0.15, 0.2) is 5.96 Å². The number of hydrogen-bond donors (Lipinski definition) is 4. The first-order valence-electron chi connectivity index (χ1n) is 21.5. The molecule has 0 aliphatic heterocycles. The summed E-state index contributed by atoms with van der Waals surface area (Å²) in [7, 11) is 0. The molecule has 0 radical (unpaired) electrons. The van der Waals surface area contributed by atoms with Crippen molar-refractivity contribution in [1.82, 2.24) is 10.2 Å². The van der Waals surface area contributed by atoms with Crippen LogP contribution in [-0.2, 0) is 14.4 Å². The lowest BCUT2D eigenvalue weighted by Gasteiger charge is -2.27. The quantitative estimate of drug-likeness (QED) is 0.0286. The van der Waals surface area contributed by atoms with Crippen LogP contribution in [-0.4, -0.2) is 46.3 Å². The molecule has 0 rings (SSSR count). The van der Waals surface area contributed by atoms with Gasteiger partial charge in [-0.25, -0.2) is 4.79 Å². The number of carboxylic acid groups (broad SMARTS) is 1. The van der Waals surface area contributed by atoms with Gasteiger partial charge in [-0.15, -0.1) is 0 Å². The molecule has 0 aromatic heterocycles. The predicted molar refractivity (Wildman–Crippen MR) is 212 cm³/mol. The molecule has 0 spiro atoms. The Bertz CT molecular complexity index is 776. The van der Waals surface area contributed by atoms with Crippen molar-refractivity contribution in [3.8, 4) is 0 Å². The van der Waals surface area contributed by atoms with Gasteiger partial charge in [0.1, 0.15) is 6.04 Å². The van der Waals surface area contributed by atoms with Gasteiger partial charge < -0.3 is 16.2 Å². The molecule has 2 amide bonds. The average molecular weight is 707 g/mol. The summed E-state index contributed by atoms with van der Waals surface area (Å²) < 4.78 is 0. The molecule has 0 heterocycles. The standard InChI is InChI=1S/C42H82N4O4/c1-3-5-7-9-11-13-15-17-19-21-23-25-27-29-31-35-39(47)46(38(41(49)50)34-33-37-45-42(43)44)40(48)36-32-30-28-26-24-22-20-18-16-14-12-10-8-6-4-2/h38H,3-37H2,1-2H3,(H,49,50)(H4,43,44,45)/t38-/m0/s1. The maximum absolute atomic E-state index is 13.3. The SMILES string of the molecule is CCCCCCCCCCCCCCCCCC(=O)N(C(=O)CCCCCCCCCCCCCCCCC)[C@@H](CCCNC(=N)N)C(=O)O. The van der Waals surface area contributed by atoms with E-state index in [9.17, 15) is 19.5 Å². The number of carboxylic acids is 1. The second-order valence-corrected chi connectivity index (χ2v) is 14.9. The van der Waals surface area contributed by atoms with E-state index in [4.69, 9.17) is 11.1 Å². The third-order valence-electron chi connectivity index (χ3n) is 10.1. The molecule has 0 saturated heterocycles. The molecule has 0 aliphatic carbocycles. The number of amides is 2. The normalized spacial score (nSPS) is 11.8. The zero-order valence-electron chi connectivity index (χ0n) is 33.0. The Morgan fingerprint density at radius 2 is 0.800 bits per heavy atom. The number of imide groups is 1. The molecule has 8 heteroatoms. The largest absolute Gasteiger partial charge is 0.480 e. The molecule has 0 aromatic rings. The Hall–Kier alpha value is -2.12. The summed E-state index contributed by atoms with van der Waals surface area (Å²) in [5.41, 5.74) is 5.36. The Morgan fingerprint density at radius 1 is 0.520 bits per heavy atom. The number of nitrogens with zero attached hydrogens (tertiary/aromatic N) is 1. The highest BCUT2D eigenvalue weighted by atomic mass is 16.4. The van der Waals surface area contributed by atoms with Gasteiger partial charge >= 0.3 is 5.97 Å². The maximum atomic E-state index is 13.3. The lowest BCUT2D eigenvalue weighted by atomic mass is 10.0. The molecule has 50 heavy (non-hydrogen) atoms. The third-order valence-corrected chi connectivity index (χ3v) is 10.1. The van der Waals surface area contributed by atoms with E-state index in [1.165, 1.54) is 141 Å². The van der Waals surface area contributed by atoms with E-state index in [0.29, 0.717) is 25.8 Å². The highest BCUT2D eigenvalue weighted by Crippen LogP contribution is 2.19. The van der Waals surface area contributed by atoms with E-state index in [-0.39, 0.29) is 37.0 Å². The molecule has 0 unspecified atom stereocenters. The molecule has 5 N–H and O–H groups in total. The summed E-state index contributed by atoms with van der Waals surface area (Å²) in [5.74, 6) is -2.06. The predicted octanol–water partition coefficient (Wildman–Crippen LogP) is 11.6. The minimum absolute atomic E-state index is 0.144. The number of carbonyl (C=O) groups is 3. The van der Waals surface area contributed by atoms with E-state index in [1.54, 1.807) is 0 Å². The number of rotatable bonds is 38. The van der Waals surface area contributed by atoms with E-state index in [1.807, 2.05) is 0 Å². The van der Waals surface area contributed by atoms with Crippen molar-refractivity contribution >= 4 is 23.7 Å². The van der Waals surface area contributed by atoms with Gasteiger partial charge in [0.25, 0.3) is 0 Å². The molecular weight excluding hydrogens is 624 g/mol. The van der Waals surface area contributed by atoms with Gasteiger partial charge in [0, 0.05) is 19.4 Å². The minimum atomic E-state index is -1.18. The van der Waals surface area contributed by atoms with Crippen molar-refractivity contribution in [3.05, 3.63) is 0 Å². The Morgan fingerprint density at radius 3 is 1.06 bits per heavy atom. The molecule has 0 aliphatic rings. The number of guanidine groups is 1. The van der Waals surface area contributed by atoms with Gasteiger partial charge in [-0.1, -0.05) is 194 Å². The van der Waals surface area contributed by atoms with Crippen molar-refractivity contribution in [2.24, 2.45) is 5.73 Å². The fourth-order valence-corrected chi connectivity index (χ4v) is 6.90. The second-order valence-electron chi connectivity index (χ2n) is 14.9. The lowest BCUT2D eigenvalue weighted by molar-refractivity contribution is -0.158. The van der Waals surface area contributed by atoms with Crippen molar-refractivity contribution < 1.29 is 19.5 Å². The van der Waals surface area contributed by atoms with E-state index in [0.717, 1.165) is 43.4 Å². The van der Waals surface area contributed by atoms with Crippen LogP contribution in [0.3, 0.4) is 0 Å². The summed E-state index contributed by atoms with van der Waals surface area (Å²) in [6.07, 6.45) is 38.0. The smallest absolute Gasteiger partial charge is 0.326 e. The van der Waals surface area contributed by atoms with Crippen LogP contribution in [0, 0.1) is 5.41 Å². The number of hydrogen-bond acceptors (Lipinski definition) is 4. The van der Waals surface area contributed by atoms with Gasteiger partial charge in [-0.2, -0.15) is 0 Å². The molecule has 0 aromatic carbocycles. The summed E-state index contributed by atoms with van der Waals surface area (Å²) in [5, 5.41) is 20.0. The first kappa shape index (κ1) is 47.9. The Balaban J connectivity index is 4.42. The topological polar surface area (TPSA) is 137 Å². The lowest BCUT2D eigenvalue weighted by Crippen LogP contribution is -2.49. The van der Waals surface area contributed by atoms with Crippen molar-refractivity contribution in [1.29, 1.82) is 5.41 Å². The van der Waals surface area contributed by atoms with Crippen LogP contribution in [0.25, 0.3) is 0 Å². The Labute approximate surface area is 308 Å². The summed E-state index contributed by atoms with van der Waals surface area (Å²) in [6.45, 7) is 4.85. The molecule has 1 atom stereocenters. The molecule has 0 bridgehead atoms. The number of nitrogens with one attached hydrogen (secondary N) is 2. The molecule has 0 fully saturated rings. The number of carbonyl (C=O) groups excluding carboxylic acids is 2. The van der Waals surface area contributed by atoms with Crippen LogP contribution in [0.5, 0.6) is 0 Å². The average Bonchev–Trinajstić information content (AvgIpc) is 3.09. The highest BCUT2D eigenvalue weighted by Gasteiger charge is 2.33. The van der Waals surface area contributed by atoms with Crippen LogP contribution >= 0.6 is 0 Å². The maximum Gasteiger partial charge on any atom is 0.326 e. The van der Waals surface area contributed by atoms with Gasteiger partial charge in [-0.3, -0.25) is 19.9 Å². The zero-order valence-corrected chi connectivity index (χ0v) is 33.0. The molecular formula is C42H82N4O4. The highest BCUT2D eigenvalue weighted by molar-refractivity contribution is 5.99. The van der Waals surface area contributed by atoms with E-state index in [2.05, 4.69) is 19.2 Å². The minimum Gasteiger partial charge on any atom is -0.480 e. The van der Waals surface area contributed by atoms with E-state index < -0.39 is 12.0 Å². The van der Waals surface area contributed by atoms with Crippen LogP contribution in [0.2, 0.25) is 0 Å². The van der Waals surface area contributed by atoms with Gasteiger partial charge in [0.05, 0.1) is 0 Å².